The molecule has 0 fully saturated rings. The van der Waals surface area contributed by atoms with E-state index >= 15 is 0 Å². The van der Waals surface area contributed by atoms with E-state index in [4.69, 9.17) is 57.9 Å². The van der Waals surface area contributed by atoms with Gasteiger partial charge in [0.05, 0.1) is 57.2 Å². The summed E-state index contributed by atoms with van der Waals surface area (Å²) in [7, 11) is 2.76. The van der Waals surface area contributed by atoms with Crippen molar-refractivity contribution in [2.24, 2.45) is 0 Å². The molecule has 108 heavy (non-hydrogen) atoms. The first-order chi connectivity index (χ1) is 51.3. The number of hydrogen-bond donors (Lipinski definition) is 0. The van der Waals surface area contributed by atoms with Crippen molar-refractivity contribution in [3.05, 3.63) is 271 Å². The number of rotatable bonds is 6. The number of fused-ring (bicyclic) bond motifs is 24. The monoisotopic (exact) mass is 1490 g/mol. The van der Waals surface area contributed by atoms with Gasteiger partial charge in [-0.05, 0) is 186 Å². The Morgan fingerprint density at radius 1 is 0.370 bits per heavy atom. The van der Waals surface area contributed by atoms with E-state index in [1.807, 2.05) is 36.4 Å². The fourth-order valence-corrected chi connectivity index (χ4v) is 13.8. The lowest BCUT2D eigenvalue weighted by Gasteiger charge is -2.18. The predicted molar refractivity (Wildman–Crippen MR) is 369 cm³/mol. The van der Waals surface area contributed by atoms with Gasteiger partial charge in [0.15, 0.2) is 16.3 Å². The Morgan fingerprint density at radius 3 is 0.963 bits per heavy atom. The first kappa shape index (κ1) is 73.1. The van der Waals surface area contributed by atoms with Crippen LogP contribution >= 0.6 is 11.6 Å². The van der Waals surface area contributed by atoms with Crippen molar-refractivity contribution in [1.82, 2.24) is 0 Å². The number of halogens is 13. The summed E-state index contributed by atoms with van der Waals surface area (Å²) >= 11 is 5.54. The fourth-order valence-electron chi connectivity index (χ4n) is 13.6. The van der Waals surface area contributed by atoms with Gasteiger partial charge >= 0.3 is 31.3 Å². The molecular formula is C78H31ClF12N8O9. The van der Waals surface area contributed by atoms with Crippen molar-refractivity contribution in [1.29, 1.82) is 21.0 Å². The number of nitrogens with zero attached hydrogens (tertiary/aromatic N) is 8. The molecule has 3 aliphatic carbocycles. The zero-order valence-corrected chi connectivity index (χ0v) is 54.9. The van der Waals surface area contributed by atoms with Crippen LogP contribution in [-0.4, -0.2) is 39.7 Å². The second-order valence-electron chi connectivity index (χ2n) is 22.9. The lowest BCUT2D eigenvalue weighted by molar-refractivity contribution is -0.275. The van der Waals surface area contributed by atoms with Gasteiger partial charge in [0.25, 0.3) is 11.4 Å². The van der Waals surface area contributed by atoms with Gasteiger partial charge in [-0.2, -0.15) is 20.2 Å². The zero-order valence-electron chi connectivity index (χ0n) is 54.2. The summed E-state index contributed by atoms with van der Waals surface area (Å²) in [6.07, 6.45) is -20.3. The zero-order chi connectivity index (χ0) is 78.0. The third-order valence-corrected chi connectivity index (χ3v) is 17.4. The van der Waals surface area contributed by atoms with Gasteiger partial charge in [-0.15, -0.1) is 52.7 Å². The summed E-state index contributed by atoms with van der Waals surface area (Å²) < 4.78 is 186. The Morgan fingerprint density at radius 2 is 0.667 bits per heavy atom. The van der Waals surface area contributed by atoms with Crippen molar-refractivity contribution in [3.63, 3.8) is 0 Å². The van der Waals surface area contributed by atoms with E-state index in [-0.39, 0.29) is 144 Å². The van der Waals surface area contributed by atoms with Crippen molar-refractivity contribution >= 4 is 93.0 Å². The average molecular weight is 1490 g/mol. The van der Waals surface area contributed by atoms with Crippen LogP contribution in [0.5, 0.6) is 34.5 Å². The molecular weight excluding hydrogens is 1460 g/mol. The van der Waals surface area contributed by atoms with E-state index in [9.17, 15) is 77.6 Å². The molecule has 0 N–H and O–H groups in total. The lowest BCUT2D eigenvalue weighted by Crippen LogP contribution is -2.17. The lowest BCUT2D eigenvalue weighted by atomic mass is 9.83. The molecule has 15 rings (SSSR count). The smallest absolute Gasteiger partial charge is 0.497 e. The highest BCUT2D eigenvalue weighted by molar-refractivity contribution is 6.43. The Labute approximate surface area is 602 Å². The Hall–Kier alpha value is -14.6. The van der Waals surface area contributed by atoms with Crippen LogP contribution in [0.3, 0.4) is 0 Å². The average Bonchev–Trinajstić information content (AvgIpc) is 1.51. The molecule has 0 unspecified atom stereocenters. The maximum Gasteiger partial charge on any atom is 0.573 e. The van der Waals surface area contributed by atoms with E-state index in [2.05, 4.69) is 38.3 Å². The fraction of sp³-hybridized carbons (Fsp3) is 0.0897. The van der Waals surface area contributed by atoms with Gasteiger partial charge in [0.2, 0.25) is 0 Å². The molecule has 528 valence electrons. The molecule has 0 heterocycles. The minimum Gasteiger partial charge on any atom is -0.497 e. The van der Waals surface area contributed by atoms with E-state index in [1.54, 1.807) is 42.5 Å². The van der Waals surface area contributed by atoms with Crippen LogP contribution in [-0.2, 0) is 0 Å². The molecule has 0 atom stereocenters. The van der Waals surface area contributed by atoms with Gasteiger partial charge in [-0.25, -0.2) is 20.2 Å². The Bertz CT molecular complexity index is 6480. The minimum atomic E-state index is -5.14. The maximum atomic E-state index is 13.9. The highest BCUT2D eigenvalue weighted by Crippen LogP contribution is 2.66. The van der Waals surface area contributed by atoms with Gasteiger partial charge in [-0.1, -0.05) is 48.0 Å². The number of benzene rings is 9. The van der Waals surface area contributed by atoms with Gasteiger partial charge < -0.3 is 28.4 Å². The molecule has 12 aromatic rings. The van der Waals surface area contributed by atoms with Crippen LogP contribution in [0, 0.1) is 71.6 Å². The highest BCUT2D eigenvalue weighted by atomic mass is 35.5. The summed E-state index contributed by atoms with van der Waals surface area (Å²) in [5, 5.41) is 37.0. The summed E-state index contributed by atoms with van der Waals surface area (Å²) in [5.41, 5.74) is -1.87. The maximum absolute atomic E-state index is 13.9. The molecule has 17 nitrogen and oxygen atoms in total. The first-order valence-corrected chi connectivity index (χ1v) is 30.8. The van der Waals surface area contributed by atoms with Crippen LogP contribution < -0.4 is 44.7 Å². The number of methoxy groups -OCH3 is 2. The van der Waals surface area contributed by atoms with Crippen molar-refractivity contribution in [2.45, 2.75) is 31.9 Å². The SMILES string of the molecule is COc1ccc2c(c1)c(=O)c1c2c2c(=O)c3cc(OC(F)(F)F)ccc3c2c2c(=O)c3cc(OC(F)(F)F)ccc3c12.Clc1ccccc1.N#CCC#N.[C-]#[N+]C([N+]#[C-])=C1c2cc(OC(F)(F)F)ccc2-c2c1c1c(c3c2/C(=C(/C#N)[N+]#[C-])c2cc(OC(F)(F)F)ccc2-3)/C(=C(\C#N)[N+]#[C-])c2cc(OC)ccc2-1. The van der Waals surface area contributed by atoms with Crippen LogP contribution in [0.4, 0.5) is 52.7 Å². The van der Waals surface area contributed by atoms with Crippen LogP contribution in [0.2, 0.25) is 5.02 Å². The van der Waals surface area contributed by atoms with Crippen molar-refractivity contribution < 1.29 is 81.1 Å². The minimum absolute atomic E-state index is 0. The van der Waals surface area contributed by atoms with Gasteiger partial charge in [-0.3, -0.25) is 14.4 Å². The van der Waals surface area contributed by atoms with Gasteiger partial charge in [0, 0.05) is 64.6 Å². The summed E-state index contributed by atoms with van der Waals surface area (Å²) in [5.74, 6) is -2.71. The molecule has 3 aliphatic rings. The van der Waals surface area contributed by atoms with Gasteiger partial charge in [0.1, 0.15) is 54.1 Å². The van der Waals surface area contributed by atoms with E-state index in [0.717, 1.165) is 53.6 Å². The summed E-state index contributed by atoms with van der Waals surface area (Å²) in [4.78, 5) is 55.2. The molecule has 0 aromatic heterocycles. The first-order valence-electron chi connectivity index (χ1n) is 30.4. The normalized spacial score (nSPS) is 13.0. The van der Waals surface area contributed by atoms with Crippen molar-refractivity contribution in [2.75, 3.05) is 14.2 Å². The number of hydrogen-bond acceptors (Lipinski definition) is 13. The second kappa shape index (κ2) is 27.5. The molecule has 0 spiro atoms. The van der Waals surface area contributed by atoms with Crippen LogP contribution in [0.1, 0.15) is 39.8 Å². The Balaban J connectivity index is 0.000000178. The van der Waals surface area contributed by atoms with Crippen LogP contribution in [0.25, 0.3) is 134 Å². The van der Waals surface area contributed by atoms with Crippen LogP contribution in [0.15, 0.2) is 171 Å². The number of alkyl halides is 12. The predicted octanol–water partition coefficient (Wildman–Crippen LogP) is 20.0. The highest BCUT2D eigenvalue weighted by Gasteiger charge is 2.47. The largest absolute Gasteiger partial charge is 0.573 e. The van der Waals surface area contributed by atoms with E-state index in [0.29, 0.717) is 22.4 Å². The number of nitriles is 4. The molecule has 0 saturated heterocycles. The number of ether oxygens (including phenoxy) is 6. The quantitative estimate of drug-likeness (QED) is 0.0860. The summed E-state index contributed by atoms with van der Waals surface area (Å²) in [6.45, 7) is 31.7. The van der Waals surface area contributed by atoms with E-state index in [1.165, 1.54) is 50.6 Å². The topological polar surface area (TPSA) is 219 Å². The molecule has 0 bridgehead atoms. The molecule has 0 radical (unpaired) electrons. The standard InChI is InChI=1S/C39H12F6N6O3.C30H12F6O6.C6H5Cl.C3H2N2/c1-48-26(15-46)28-23-12-17(52-5)6-9-20(23)31-34(28)30-21-10-7-18(53-38(40,41)42)13-24(21)29(27(16-47)49-2)35(30)32-22-11-8-19(54-39(43,44)45)14-25(22)33(36(31)32)37(50-3)51-4;1-40-11-2-5-14-17(8-11)26(37)23-20(14)24-22(16-7-4-13(42-30(34,35)36)10-19(16)27(24)38)25-21(23)15-6-3-12(41-29(31,32)33)9-18(15)28(25)39;7-6-4-2-1-3-5-6;4-2-1-3-5/h6-14H,5H3;2-10H,1H3;1-5H;1H2/b28-26+,29-27-;;;. The summed E-state index contributed by atoms with van der Waals surface area (Å²) in [6, 6.07) is 38.3. The third kappa shape index (κ3) is 12.8. The molecule has 0 aliphatic heterocycles. The molecule has 0 saturated carbocycles. The van der Waals surface area contributed by atoms with E-state index < -0.39 is 81.9 Å². The van der Waals surface area contributed by atoms with Crippen molar-refractivity contribution in [3.8, 4) is 92.2 Å². The molecule has 30 heteroatoms. The number of allylic oxidation sites excluding steroid dienone is 2. The second-order valence-corrected chi connectivity index (χ2v) is 23.4. The molecule has 12 aromatic carbocycles. The Kier molecular flexibility index (Phi) is 18.6. The molecule has 0 amide bonds. The third-order valence-electron chi connectivity index (χ3n) is 17.2.